The number of methoxy groups -OCH3 is 1. The fraction of sp³-hybridized carbons (Fsp3) is 0.529. The molecule has 7 heteroatoms. The van der Waals surface area contributed by atoms with Gasteiger partial charge in [0.2, 0.25) is 5.91 Å². The van der Waals surface area contributed by atoms with E-state index in [2.05, 4.69) is 10.6 Å². The average Bonchev–Trinajstić information content (AvgIpc) is 2.60. The third-order valence-corrected chi connectivity index (χ3v) is 4.28. The molecule has 0 spiro atoms. The third-order valence-electron chi connectivity index (χ3n) is 4.28. The Balaban J connectivity index is 1.78. The van der Waals surface area contributed by atoms with Gasteiger partial charge < -0.3 is 25.8 Å². The highest BCUT2D eigenvalue weighted by atomic mass is 16.5. The van der Waals surface area contributed by atoms with Crippen LogP contribution in [0.25, 0.3) is 0 Å². The normalized spacial score (nSPS) is 16.4. The number of hydrogen-bond acceptors (Lipinski definition) is 5. The number of primary amides is 1. The van der Waals surface area contributed by atoms with Crippen molar-refractivity contribution in [3.63, 3.8) is 0 Å². The van der Waals surface area contributed by atoms with Crippen LogP contribution in [-0.2, 0) is 9.53 Å². The largest absolute Gasteiger partial charge is 0.484 e. The van der Waals surface area contributed by atoms with Gasteiger partial charge in [0.05, 0.1) is 6.61 Å². The number of amides is 2. The quantitative estimate of drug-likeness (QED) is 0.634. The van der Waals surface area contributed by atoms with Gasteiger partial charge in [-0.25, -0.2) is 0 Å². The average molecular weight is 335 g/mol. The molecule has 2 rings (SSSR count). The highest BCUT2D eigenvalue weighted by molar-refractivity contribution is 5.92. The van der Waals surface area contributed by atoms with E-state index in [4.69, 9.17) is 15.2 Å². The minimum atomic E-state index is -0.496. The molecule has 1 fully saturated rings. The zero-order valence-electron chi connectivity index (χ0n) is 14.0. The van der Waals surface area contributed by atoms with Crippen LogP contribution in [0.1, 0.15) is 23.2 Å². The van der Waals surface area contributed by atoms with Crippen LogP contribution >= 0.6 is 0 Å². The lowest BCUT2D eigenvalue weighted by atomic mass is 9.79. The monoisotopic (exact) mass is 335 g/mol. The first kappa shape index (κ1) is 18.2. The number of benzene rings is 1. The van der Waals surface area contributed by atoms with Crippen molar-refractivity contribution < 1.29 is 19.1 Å². The lowest BCUT2D eigenvalue weighted by molar-refractivity contribution is -0.124. The van der Waals surface area contributed by atoms with Gasteiger partial charge in [0.15, 0.2) is 6.61 Å². The second-order valence-electron chi connectivity index (χ2n) is 6.14. The standard InChI is InChI=1S/C17H25N3O4/c1-23-12-17(6-8-19-9-7-17)11-20-15(21)10-24-14-4-2-13(3-5-14)16(18)22/h2-5,19H,6-12H2,1H3,(H2,18,22)(H,20,21). The van der Waals surface area contributed by atoms with Gasteiger partial charge in [-0.3, -0.25) is 9.59 Å². The molecule has 1 heterocycles. The molecule has 0 aliphatic carbocycles. The van der Waals surface area contributed by atoms with Gasteiger partial charge >= 0.3 is 0 Å². The fourth-order valence-corrected chi connectivity index (χ4v) is 2.84. The summed E-state index contributed by atoms with van der Waals surface area (Å²) in [7, 11) is 1.68. The van der Waals surface area contributed by atoms with Crippen molar-refractivity contribution >= 4 is 11.8 Å². The molecule has 1 aromatic carbocycles. The molecule has 1 aromatic rings. The zero-order chi connectivity index (χ0) is 17.4. The van der Waals surface area contributed by atoms with Crippen LogP contribution in [0.4, 0.5) is 0 Å². The number of nitrogens with two attached hydrogens (primary N) is 1. The molecular weight excluding hydrogens is 310 g/mol. The Morgan fingerprint density at radius 2 is 1.92 bits per heavy atom. The van der Waals surface area contributed by atoms with Gasteiger partial charge in [0, 0.05) is 24.6 Å². The summed E-state index contributed by atoms with van der Waals surface area (Å²) in [5, 5.41) is 6.25. The maximum Gasteiger partial charge on any atom is 0.257 e. The highest BCUT2D eigenvalue weighted by Crippen LogP contribution is 2.28. The summed E-state index contributed by atoms with van der Waals surface area (Å²) in [6, 6.07) is 6.37. The van der Waals surface area contributed by atoms with Crippen molar-refractivity contribution in [2.45, 2.75) is 12.8 Å². The number of carbonyl (C=O) groups excluding carboxylic acids is 2. The van der Waals surface area contributed by atoms with Crippen LogP contribution in [0.2, 0.25) is 0 Å². The van der Waals surface area contributed by atoms with Crippen LogP contribution in [0.3, 0.4) is 0 Å². The number of rotatable bonds is 8. The minimum absolute atomic E-state index is 0.0151. The van der Waals surface area contributed by atoms with Crippen LogP contribution in [0.15, 0.2) is 24.3 Å². The molecular formula is C17H25N3O4. The van der Waals surface area contributed by atoms with E-state index in [1.165, 1.54) is 0 Å². The summed E-state index contributed by atoms with van der Waals surface area (Å²) >= 11 is 0. The molecule has 24 heavy (non-hydrogen) atoms. The van der Waals surface area contributed by atoms with Gasteiger partial charge in [0.1, 0.15) is 5.75 Å². The van der Waals surface area contributed by atoms with Crippen LogP contribution < -0.4 is 21.1 Å². The molecule has 4 N–H and O–H groups in total. The number of piperidine rings is 1. The van der Waals surface area contributed by atoms with Gasteiger partial charge in [-0.1, -0.05) is 0 Å². The van der Waals surface area contributed by atoms with Crippen molar-refractivity contribution in [1.29, 1.82) is 0 Å². The molecule has 0 atom stereocenters. The number of nitrogens with one attached hydrogen (secondary N) is 2. The summed E-state index contributed by atoms with van der Waals surface area (Å²) in [4.78, 5) is 23.0. The summed E-state index contributed by atoms with van der Waals surface area (Å²) in [6.45, 7) is 3.00. The van der Waals surface area contributed by atoms with E-state index in [1.807, 2.05) is 0 Å². The molecule has 2 amide bonds. The summed E-state index contributed by atoms with van der Waals surface area (Å²) in [5.41, 5.74) is 5.56. The van der Waals surface area contributed by atoms with E-state index in [9.17, 15) is 9.59 Å². The summed E-state index contributed by atoms with van der Waals surface area (Å²) in [5.74, 6) is -0.156. The summed E-state index contributed by atoms with van der Waals surface area (Å²) < 4.78 is 10.8. The maximum absolute atomic E-state index is 12.0. The fourth-order valence-electron chi connectivity index (χ4n) is 2.84. The molecule has 0 radical (unpaired) electrons. The maximum atomic E-state index is 12.0. The molecule has 1 aliphatic rings. The van der Waals surface area contributed by atoms with Gasteiger partial charge in [0.25, 0.3) is 5.91 Å². The molecule has 132 valence electrons. The number of carbonyl (C=O) groups is 2. The van der Waals surface area contributed by atoms with Crippen molar-refractivity contribution in [3.05, 3.63) is 29.8 Å². The first-order valence-electron chi connectivity index (χ1n) is 8.04. The van der Waals surface area contributed by atoms with E-state index in [0.717, 1.165) is 25.9 Å². The smallest absolute Gasteiger partial charge is 0.257 e. The minimum Gasteiger partial charge on any atom is -0.484 e. The zero-order valence-corrected chi connectivity index (χ0v) is 14.0. The lowest BCUT2D eigenvalue weighted by Gasteiger charge is -2.37. The highest BCUT2D eigenvalue weighted by Gasteiger charge is 2.32. The molecule has 0 unspecified atom stereocenters. The molecule has 0 aromatic heterocycles. The van der Waals surface area contributed by atoms with Crippen LogP contribution in [-0.4, -0.2) is 51.8 Å². The third kappa shape index (κ3) is 5.21. The number of hydrogen-bond donors (Lipinski definition) is 3. The Labute approximate surface area is 141 Å². The van der Waals surface area contributed by atoms with E-state index in [0.29, 0.717) is 24.5 Å². The van der Waals surface area contributed by atoms with Gasteiger partial charge in [-0.15, -0.1) is 0 Å². The Hall–Kier alpha value is -2.12. The van der Waals surface area contributed by atoms with Crippen LogP contribution in [0.5, 0.6) is 5.75 Å². The SMILES string of the molecule is COCC1(CNC(=O)COc2ccc(C(N)=O)cc2)CCNCC1. The Morgan fingerprint density at radius 1 is 1.25 bits per heavy atom. The van der Waals surface area contributed by atoms with Crippen molar-refractivity contribution in [2.75, 3.05) is 40.0 Å². The topological polar surface area (TPSA) is 103 Å². The Morgan fingerprint density at radius 3 is 2.50 bits per heavy atom. The van der Waals surface area contributed by atoms with Gasteiger partial charge in [-0.2, -0.15) is 0 Å². The number of ether oxygens (including phenoxy) is 2. The molecule has 7 nitrogen and oxygen atoms in total. The first-order chi connectivity index (χ1) is 11.5. The van der Waals surface area contributed by atoms with E-state index >= 15 is 0 Å². The Bertz CT molecular complexity index is 548. The van der Waals surface area contributed by atoms with E-state index in [1.54, 1.807) is 31.4 Å². The van der Waals surface area contributed by atoms with Crippen molar-refractivity contribution in [3.8, 4) is 5.75 Å². The Kier molecular flexibility index (Phi) is 6.57. The van der Waals surface area contributed by atoms with Crippen molar-refractivity contribution in [2.24, 2.45) is 11.1 Å². The second-order valence-corrected chi connectivity index (χ2v) is 6.14. The van der Waals surface area contributed by atoms with E-state index < -0.39 is 5.91 Å². The lowest BCUT2D eigenvalue weighted by Crippen LogP contribution is -2.47. The van der Waals surface area contributed by atoms with Crippen LogP contribution in [0, 0.1) is 5.41 Å². The summed E-state index contributed by atoms with van der Waals surface area (Å²) in [6.07, 6.45) is 1.94. The molecule has 0 saturated carbocycles. The second kappa shape index (κ2) is 8.65. The predicted molar refractivity (Wildman–Crippen MR) is 89.9 cm³/mol. The van der Waals surface area contributed by atoms with E-state index in [-0.39, 0.29) is 17.9 Å². The predicted octanol–water partition coefficient (Wildman–Crippen LogP) is 0.297. The van der Waals surface area contributed by atoms with Crippen molar-refractivity contribution in [1.82, 2.24) is 10.6 Å². The van der Waals surface area contributed by atoms with Gasteiger partial charge in [-0.05, 0) is 50.2 Å². The first-order valence-corrected chi connectivity index (χ1v) is 8.04. The molecule has 1 aliphatic heterocycles. The molecule has 1 saturated heterocycles. The molecule has 0 bridgehead atoms.